The van der Waals surface area contributed by atoms with Crippen LogP contribution in [-0.4, -0.2) is 57.6 Å². The standard InChI is InChI=1S/C20H23N3O6S/c1-28-16-7-9-17(10-8-16)30(26,27)23-11-12-29-18(23)14-22-20(25)19(24)21-13-15-5-3-2-4-6-15/h2-10,18H,11-14H2,1H3,(H,21,24)(H,22,25)/t18-/m1/s1. The Morgan fingerprint density at radius 2 is 1.73 bits per heavy atom. The molecule has 0 aliphatic carbocycles. The lowest BCUT2D eigenvalue weighted by atomic mass is 10.2. The molecule has 2 N–H and O–H groups in total. The molecule has 1 aliphatic heterocycles. The van der Waals surface area contributed by atoms with Gasteiger partial charge in [0.1, 0.15) is 12.0 Å². The Bertz CT molecular complexity index is 979. The number of benzene rings is 2. The van der Waals surface area contributed by atoms with E-state index in [1.54, 1.807) is 12.1 Å². The van der Waals surface area contributed by atoms with Crippen molar-refractivity contribution in [1.82, 2.24) is 14.9 Å². The number of carbonyl (C=O) groups is 2. The van der Waals surface area contributed by atoms with Gasteiger partial charge in [0, 0.05) is 13.1 Å². The first-order valence-corrected chi connectivity index (χ1v) is 10.7. The molecular weight excluding hydrogens is 410 g/mol. The Morgan fingerprint density at radius 1 is 1.07 bits per heavy atom. The average molecular weight is 433 g/mol. The fraction of sp³-hybridized carbons (Fsp3) is 0.300. The van der Waals surface area contributed by atoms with Crippen molar-refractivity contribution >= 4 is 21.8 Å². The number of nitrogens with zero attached hydrogens (tertiary/aromatic N) is 1. The zero-order chi connectivity index (χ0) is 21.6. The maximum absolute atomic E-state index is 12.9. The number of nitrogens with one attached hydrogen (secondary N) is 2. The lowest BCUT2D eigenvalue weighted by Crippen LogP contribution is -2.47. The summed E-state index contributed by atoms with van der Waals surface area (Å²) < 4.78 is 37.5. The van der Waals surface area contributed by atoms with E-state index < -0.39 is 28.1 Å². The van der Waals surface area contributed by atoms with E-state index in [2.05, 4.69) is 10.6 Å². The third-order valence-electron chi connectivity index (χ3n) is 4.55. The Balaban J connectivity index is 1.56. The van der Waals surface area contributed by atoms with Crippen LogP contribution in [0.25, 0.3) is 0 Å². The second-order valence-electron chi connectivity index (χ2n) is 6.50. The van der Waals surface area contributed by atoms with E-state index in [1.807, 2.05) is 30.3 Å². The summed E-state index contributed by atoms with van der Waals surface area (Å²) in [7, 11) is -2.33. The molecule has 9 nitrogen and oxygen atoms in total. The average Bonchev–Trinajstić information content (AvgIpc) is 3.26. The molecule has 1 fully saturated rings. The van der Waals surface area contributed by atoms with E-state index in [1.165, 1.54) is 19.2 Å². The molecule has 0 bridgehead atoms. The number of hydrogen-bond acceptors (Lipinski definition) is 6. The van der Waals surface area contributed by atoms with Gasteiger partial charge in [-0.15, -0.1) is 0 Å². The lowest BCUT2D eigenvalue weighted by Gasteiger charge is -2.23. The molecule has 1 saturated heterocycles. The van der Waals surface area contributed by atoms with Crippen LogP contribution in [0.15, 0.2) is 59.5 Å². The van der Waals surface area contributed by atoms with E-state index in [0.29, 0.717) is 5.75 Å². The van der Waals surface area contributed by atoms with Gasteiger partial charge in [0.15, 0.2) is 0 Å². The molecule has 2 amide bonds. The van der Waals surface area contributed by atoms with Crippen molar-refractivity contribution < 1.29 is 27.5 Å². The summed E-state index contributed by atoms with van der Waals surface area (Å²) in [6.45, 7) is 0.406. The van der Waals surface area contributed by atoms with Gasteiger partial charge in [0.2, 0.25) is 10.0 Å². The van der Waals surface area contributed by atoms with Crippen LogP contribution in [0.2, 0.25) is 0 Å². The van der Waals surface area contributed by atoms with Crippen LogP contribution in [0, 0.1) is 0 Å². The third kappa shape index (κ3) is 5.15. The van der Waals surface area contributed by atoms with Gasteiger partial charge in [-0.2, -0.15) is 4.31 Å². The monoisotopic (exact) mass is 433 g/mol. The van der Waals surface area contributed by atoms with E-state index in [0.717, 1.165) is 9.87 Å². The van der Waals surface area contributed by atoms with Gasteiger partial charge >= 0.3 is 11.8 Å². The number of hydrogen-bond donors (Lipinski definition) is 2. The van der Waals surface area contributed by atoms with Crippen molar-refractivity contribution in [2.24, 2.45) is 0 Å². The van der Waals surface area contributed by atoms with Crippen LogP contribution in [0.4, 0.5) is 0 Å². The van der Waals surface area contributed by atoms with Gasteiger partial charge in [0.05, 0.1) is 25.2 Å². The summed E-state index contributed by atoms with van der Waals surface area (Å²) >= 11 is 0. The van der Waals surface area contributed by atoms with Crippen molar-refractivity contribution in [3.63, 3.8) is 0 Å². The number of sulfonamides is 1. The minimum absolute atomic E-state index is 0.0886. The minimum atomic E-state index is -3.83. The first kappa shape index (κ1) is 21.8. The largest absolute Gasteiger partial charge is 0.497 e. The van der Waals surface area contributed by atoms with E-state index >= 15 is 0 Å². The van der Waals surface area contributed by atoms with Crippen LogP contribution in [-0.2, 0) is 30.9 Å². The fourth-order valence-corrected chi connectivity index (χ4v) is 4.45. The number of ether oxygens (including phenoxy) is 2. The highest BCUT2D eigenvalue weighted by molar-refractivity contribution is 7.89. The summed E-state index contributed by atoms with van der Waals surface area (Å²) in [6.07, 6.45) is -0.900. The molecule has 0 aromatic heterocycles. The van der Waals surface area contributed by atoms with Crippen LogP contribution < -0.4 is 15.4 Å². The van der Waals surface area contributed by atoms with Crippen molar-refractivity contribution in [1.29, 1.82) is 0 Å². The molecule has 160 valence electrons. The third-order valence-corrected chi connectivity index (χ3v) is 6.45. The SMILES string of the molecule is COc1ccc(S(=O)(=O)N2CCO[C@@H]2CNC(=O)C(=O)NCc2ccccc2)cc1. The summed E-state index contributed by atoms with van der Waals surface area (Å²) in [4.78, 5) is 24.1. The van der Waals surface area contributed by atoms with Crippen LogP contribution in [0.5, 0.6) is 5.75 Å². The predicted octanol–water partition coefficient (Wildman–Crippen LogP) is 0.475. The molecular formula is C20H23N3O6S. The molecule has 3 rings (SSSR count). The van der Waals surface area contributed by atoms with Crippen molar-refractivity contribution in [3.8, 4) is 5.75 Å². The van der Waals surface area contributed by atoms with Gasteiger partial charge < -0.3 is 20.1 Å². The number of methoxy groups -OCH3 is 1. The Labute approximate surface area is 175 Å². The van der Waals surface area contributed by atoms with Gasteiger partial charge in [-0.1, -0.05) is 30.3 Å². The molecule has 1 heterocycles. The molecule has 2 aromatic carbocycles. The summed E-state index contributed by atoms with van der Waals surface area (Å²) in [5.74, 6) is -1.12. The lowest BCUT2D eigenvalue weighted by molar-refractivity contribution is -0.139. The molecule has 2 aromatic rings. The van der Waals surface area contributed by atoms with Crippen LogP contribution in [0.1, 0.15) is 5.56 Å². The Hall–Kier alpha value is -2.95. The molecule has 0 radical (unpaired) electrons. The molecule has 10 heteroatoms. The first-order chi connectivity index (χ1) is 14.4. The Kier molecular flexibility index (Phi) is 7.03. The highest BCUT2D eigenvalue weighted by Crippen LogP contribution is 2.23. The minimum Gasteiger partial charge on any atom is -0.497 e. The summed E-state index contributed by atoms with van der Waals surface area (Å²) in [6, 6.07) is 15.2. The highest BCUT2D eigenvalue weighted by Gasteiger charge is 2.36. The zero-order valence-corrected chi connectivity index (χ0v) is 17.2. The molecule has 30 heavy (non-hydrogen) atoms. The zero-order valence-electron chi connectivity index (χ0n) is 16.4. The van der Waals surface area contributed by atoms with Gasteiger partial charge in [0.25, 0.3) is 0 Å². The molecule has 0 spiro atoms. The highest BCUT2D eigenvalue weighted by atomic mass is 32.2. The fourth-order valence-electron chi connectivity index (χ4n) is 2.94. The topological polar surface area (TPSA) is 114 Å². The van der Waals surface area contributed by atoms with Crippen LogP contribution >= 0.6 is 0 Å². The molecule has 1 atom stereocenters. The quantitative estimate of drug-likeness (QED) is 0.614. The van der Waals surface area contributed by atoms with E-state index in [9.17, 15) is 18.0 Å². The van der Waals surface area contributed by atoms with Crippen molar-refractivity contribution in [2.75, 3.05) is 26.8 Å². The Morgan fingerprint density at radius 3 is 2.40 bits per heavy atom. The second kappa shape index (κ2) is 9.70. The maximum atomic E-state index is 12.9. The maximum Gasteiger partial charge on any atom is 0.309 e. The number of amides is 2. The number of carbonyl (C=O) groups excluding carboxylic acids is 2. The van der Waals surface area contributed by atoms with Crippen molar-refractivity contribution in [3.05, 3.63) is 60.2 Å². The van der Waals surface area contributed by atoms with Gasteiger partial charge in [-0.3, -0.25) is 9.59 Å². The molecule has 0 unspecified atom stereocenters. The molecule has 1 aliphatic rings. The smallest absolute Gasteiger partial charge is 0.309 e. The summed E-state index contributed by atoms with van der Waals surface area (Å²) in [5, 5.41) is 4.95. The number of rotatable bonds is 7. The summed E-state index contributed by atoms with van der Waals surface area (Å²) in [5.41, 5.74) is 0.856. The predicted molar refractivity (Wildman–Crippen MR) is 108 cm³/mol. The molecule has 0 saturated carbocycles. The van der Waals surface area contributed by atoms with Crippen molar-refractivity contribution in [2.45, 2.75) is 17.7 Å². The normalized spacial score (nSPS) is 16.8. The van der Waals surface area contributed by atoms with Gasteiger partial charge in [-0.25, -0.2) is 8.42 Å². The van der Waals surface area contributed by atoms with Crippen LogP contribution in [0.3, 0.4) is 0 Å². The van der Waals surface area contributed by atoms with Gasteiger partial charge in [-0.05, 0) is 29.8 Å². The van der Waals surface area contributed by atoms with E-state index in [-0.39, 0.29) is 31.1 Å². The van der Waals surface area contributed by atoms with E-state index in [4.69, 9.17) is 9.47 Å². The first-order valence-electron chi connectivity index (χ1n) is 9.29. The second-order valence-corrected chi connectivity index (χ2v) is 8.39.